The lowest BCUT2D eigenvalue weighted by Crippen LogP contribution is -2.63. The minimum Gasteiger partial charge on any atom is -0.480 e. The van der Waals surface area contributed by atoms with E-state index in [4.69, 9.17) is 21.4 Å². The molecule has 0 radical (unpaired) electrons. The van der Waals surface area contributed by atoms with Crippen LogP contribution < -0.4 is 0 Å². The molecule has 0 bridgehead atoms. The van der Waals surface area contributed by atoms with Gasteiger partial charge < -0.3 is 14.7 Å². The van der Waals surface area contributed by atoms with E-state index in [9.17, 15) is 14.0 Å². The number of carboxylic acids is 1. The summed E-state index contributed by atoms with van der Waals surface area (Å²) in [4.78, 5) is 24.0. The van der Waals surface area contributed by atoms with Gasteiger partial charge in [-0.05, 0) is 25.1 Å². The van der Waals surface area contributed by atoms with Crippen LogP contribution in [0.2, 0.25) is 5.02 Å². The molecule has 20 heavy (non-hydrogen) atoms. The first-order chi connectivity index (χ1) is 9.31. The highest BCUT2D eigenvalue weighted by Gasteiger charge is 2.43. The Bertz CT molecular complexity index is 557. The Morgan fingerprint density at radius 2 is 2.15 bits per heavy atom. The predicted molar refractivity (Wildman–Crippen MR) is 69.3 cm³/mol. The monoisotopic (exact) mass is 301 g/mol. The fourth-order valence-electron chi connectivity index (χ4n) is 2.04. The minimum absolute atomic E-state index is 0.110. The first kappa shape index (κ1) is 14.7. The number of likely N-dealkylation sites (tertiary alicyclic amines) is 1. The molecule has 0 unspecified atom stereocenters. The van der Waals surface area contributed by atoms with Crippen LogP contribution in [-0.4, -0.2) is 47.2 Å². The van der Waals surface area contributed by atoms with Crippen molar-refractivity contribution in [3.63, 3.8) is 0 Å². The third kappa shape index (κ3) is 3.08. The molecule has 1 saturated heterocycles. The average molecular weight is 302 g/mol. The molecule has 0 atom stereocenters. The van der Waals surface area contributed by atoms with Crippen LogP contribution in [0.3, 0.4) is 0 Å². The first-order valence-electron chi connectivity index (χ1n) is 5.91. The summed E-state index contributed by atoms with van der Waals surface area (Å²) >= 11 is 5.63. The Hall–Kier alpha value is -1.66. The lowest BCUT2D eigenvalue weighted by molar-refractivity contribution is -0.159. The summed E-state index contributed by atoms with van der Waals surface area (Å²) in [6, 6.07) is 3.76. The molecular formula is C13H13ClFNO4. The Kier molecular flexibility index (Phi) is 3.96. The summed E-state index contributed by atoms with van der Waals surface area (Å²) in [5.74, 6) is -1.92. The number of nitrogens with zero attached hydrogens (tertiary/aromatic N) is 1. The Morgan fingerprint density at radius 3 is 2.70 bits per heavy atom. The number of ether oxygens (including phenoxy) is 1. The SMILES string of the molecule is CC1(OCC(=O)O)CN(C(=O)c2ccc(F)c(Cl)c2)C1. The van der Waals surface area contributed by atoms with E-state index in [-0.39, 0.29) is 29.6 Å². The topological polar surface area (TPSA) is 66.8 Å². The lowest BCUT2D eigenvalue weighted by atomic mass is 9.95. The highest BCUT2D eigenvalue weighted by Crippen LogP contribution is 2.27. The zero-order valence-electron chi connectivity index (χ0n) is 10.7. The van der Waals surface area contributed by atoms with Crippen molar-refractivity contribution in [1.82, 2.24) is 4.90 Å². The van der Waals surface area contributed by atoms with E-state index in [1.54, 1.807) is 6.92 Å². The third-order valence-corrected chi connectivity index (χ3v) is 3.34. The molecule has 1 aromatic carbocycles. The summed E-state index contributed by atoms with van der Waals surface area (Å²) in [6.07, 6.45) is 0. The summed E-state index contributed by atoms with van der Waals surface area (Å²) in [5.41, 5.74) is -0.366. The van der Waals surface area contributed by atoms with Gasteiger partial charge in [0.05, 0.1) is 18.1 Å². The molecule has 0 saturated carbocycles. The van der Waals surface area contributed by atoms with Crippen molar-refractivity contribution in [3.05, 3.63) is 34.6 Å². The number of carboxylic acid groups (broad SMARTS) is 1. The summed E-state index contributed by atoms with van der Waals surface area (Å²) in [6.45, 7) is 1.90. The highest BCUT2D eigenvalue weighted by molar-refractivity contribution is 6.31. The van der Waals surface area contributed by atoms with Crippen LogP contribution in [0.5, 0.6) is 0 Å². The number of benzene rings is 1. The molecule has 0 spiro atoms. The van der Waals surface area contributed by atoms with Gasteiger partial charge in [0, 0.05) is 5.56 Å². The number of hydrogen-bond donors (Lipinski definition) is 1. The maximum absolute atomic E-state index is 13.0. The van der Waals surface area contributed by atoms with Gasteiger partial charge in [-0.3, -0.25) is 4.79 Å². The molecule has 0 aliphatic carbocycles. The molecule has 7 heteroatoms. The van der Waals surface area contributed by atoms with Crippen LogP contribution in [0, 0.1) is 5.82 Å². The number of carbonyl (C=O) groups excluding carboxylic acids is 1. The van der Waals surface area contributed by atoms with Crippen molar-refractivity contribution in [1.29, 1.82) is 0 Å². The standard InChI is InChI=1S/C13H13ClFNO4/c1-13(20-5-11(17)18)6-16(7-13)12(19)8-2-3-10(15)9(14)4-8/h2-4H,5-7H2,1H3,(H,17,18). The second-order valence-corrected chi connectivity index (χ2v) is 5.33. The summed E-state index contributed by atoms with van der Waals surface area (Å²) in [5, 5.41) is 8.44. The maximum Gasteiger partial charge on any atom is 0.329 e. The Balaban J connectivity index is 1.96. The van der Waals surface area contributed by atoms with Gasteiger partial charge in [-0.15, -0.1) is 0 Å². The molecule has 0 aromatic heterocycles. The number of amides is 1. The Morgan fingerprint density at radius 1 is 1.50 bits per heavy atom. The predicted octanol–water partition coefficient (Wildman–Crippen LogP) is 1.79. The van der Waals surface area contributed by atoms with Crippen LogP contribution in [0.4, 0.5) is 4.39 Å². The van der Waals surface area contributed by atoms with Gasteiger partial charge in [-0.1, -0.05) is 11.6 Å². The number of rotatable bonds is 4. The lowest BCUT2D eigenvalue weighted by Gasteiger charge is -2.47. The minimum atomic E-state index is -1.05. The van der Waals surface area contributed by atoms with E-state index in [1.165, 1.54) is 17.0 Å². The molecule has 1 aliphatic heterocycles. The molecule has 2 rings (SSSR count). The largest absolute Gasteiger partial charge is 0.480 e. The van der Waals surface area contributed by atoms with Crippen molar-refractivity contribution in [3.8, 4) is 0 Å². The quantitative estimate of drug-likeness (QED) is 0.921. The van der Waals surface area contributed by atoms with Crippen molar-refractivity contribution in [2.24, 2.45) is 0 Å². The van der Waals surface area contributed by atoms with E-state index in [0.717, 1.165) is 6.07 Å². The van der Waals surface area contributed by atoms with E-state index < -0.39 is 24.0 Å². The normalized spacial score (nSPS) is 16.6. The van der Waals surface area contributed by atoms with E-state index in [1.807, 2.05) is 0 Å². The maximum atomic E-state index is 13.0. The van der Waals surface area contributed by atoms with Crippen molar-refractivity contribution >= 4 is 23.5 Å². The molecule has 1 aromatic rings. The van der Waals surface area contributed by atoms with Crippen LogP contribution >= 0.6 is 11.6 Å². The smallest absolute Gasteiger partial charge is 0.329 e. The van der Waals surface area contributed by atoms with Gasteiger partial charge in [0.15, 0.2) is 0 Å². The molecule has 1 aliphatic rings. The van der Waals surface area contributed by atoms with Crippen LogP contribution in [0.1, 0.15) is 17.3 Å². The van der Waals surface area contributed by atoms with Gasteiger partial charge in [-0.2, -0.15) is 0 Å². The zero-order valence-corrected chi connectivity index (χ0v) is 11.5. The van der Waals surface area contributed by atoms with E-state index in [0.29, 0.717) is 0 Å². The van der Waals surface area contributed by atoms with Crippen LogP contribution in [-0.2, 0) is 9.53 Å². The number of carbonyl (C=O) groups is 2. The van der Waals surface area contributed by atoms with Gasteiger partial charge in [0.25, 0.3) is 5.91 Å². The van der Waals surface area contributed by atoms with Crippen molar-refractivity contribution < 1.29 is 23.8 Å². The van der Waals surface area contributed by atoms with Crippen molar-refractivity contribution in [2.45, 2.75) is 12.5 Å². The Labute approximate surface area is 119 Å². The summed E-state index contributed by atoms with van der Waals surface area (Å²) < 4.78 is 18.2. The molecule has 1 heterocycles. The molecular weight excluding hydrogens is 289 g/mol. The van der Waals surface area contributed by atoms with Gasteiger partial charge in [0.2, 0.25) is 0 Å². The number of hydrogen-bond acceptors (Lipinski definition) is 3. The number of aliphatic carboxylic acids is 1. The van der Waals surface area contributed by atoms with Crippen LogP contribution in [0.15, 0.2) is 18.2 Å². The molecule has 108 valence electrons. The molecule has 1 fully saturated rings. The summed E-state index contributed by atoms with van der Waals surface area (Å²) in [7, 11) is 0. The van der Waals surface area contributed by atoms with E-state index >= 15 is 0 Å². The van der Waals surface area contributed by atoms with Gasteiger partial charge >= 0.3 is 5.97 Å². The average Bonchev–Trinajstić information content (AvgIpc) is 2.35. The molecule has 1 amide bonds. The highest BCUT2D eigenvalue weighted by atomic mass is 35.5. The second kappa shape index (κ2) is 5.38. The number of halogens is 2. The fraction of sp³-hybridized carbons (Fsp3) is 0.385. The van der Waals surface area contributed by atoms with Gasteiger partial charge in [-0.25, -0.2) is 9.18 Å². The van der Waals surface area contributed by atoms with E-state index in [2.05, 4.69) is 0 Å². The second-order valence-electron chi connectivity index (χ2n) is 4.92. The van der Waals surface area contributed by atoms with Crippen molar-refractivity contribution in [2.75, 3.05) is 19.7 Å². The first-order valence-corrected chi connectivity index (χ1v) is 6.29. The zero-order chi connectivity index (χ0) is 14.9. The molecule has 5 nitrogen and oxygen atoms in total. The van der Waals surface area contributed by atoms with Crippen LogP contribution in [0.25, 0.3) is 0 Å². The molecule has 1 N–H and O–H groups in total. The van der Waals surface area contributed by atoms with Gasteiger partial charge in [0.1, 0.15) is 18.0 Å². The third-order valence-electron chi connectivity index (χ3n) is 3.05. The fourth-order valence-corrected chi connectivity index (χ4v) is 2.22.